The van der Waals surface area contributed by atoms with Gasteiger partial charge in [0.2, 0.25) is 0 Å². The Labute approximate surface area is 171 Å². The minimum Gasteiger partial charge on any atom is -0.493 e. The first-order chi connectivity index (χ1) is 13.5. The average molecular weight is 391 g/mol. The van der Waals surface area contributed by atoms with Crippen molar-refractivity contribution in [3.8, 4) is 11.5 Å². The average Bonchev–Trinajstić information content (AvgIpc) is 2.70. The van der Waals surface area contributed by atoms with E-state index < -0.39 is 0 Å². The fourth-order valence-corrected chi connectivity index (χ4v) is 3.98. The zero-order chi connectivity index (χ0) is 19.9. The maximum Gasteiger partial charge on any atom is 0.161 e. The molecular weight excluding hydrogens is 352 g/mol. The van der Waals surface area contributed by atoms with Crippen LogP contribution in [0.15, 0.2) is 18.2 Å². The number of rotatable bonds is 8. The zero-order valence-electron chi connectivity index (χ0n) is 18.2. The number of hydrogen-bond donors (Lipinski definition) is 0. The molecule has 2 aliphatic heterocycles. The number of benzene rings is 1. The summed E-state index contributed by atoms with van der Waals surface area (Å²) in [6.07, 6.45) is 0. The van der Waals surface area contributed by atoms with Crippen molar-refractivity contribution in [3.63, 3.8) is 0 Å². The van der Waals surface area contributed by atoms with E-state index in [4.69, 9.17) is 9.47 Å². The van der Waals surface area contributed by atoms with Gasteiger partial charge in [-0.25, -0.2) is 0 Å². The zero-order valence-corrected chi connectivity index (χ0v) is 18.2. The van der Waals surface area contributed by atoms with E-state index in [1.54, 1.807) is 7.11 Å². The summed E-state index contributed by atoms with van der Waals surface area (Å²) >= 11 is 0. The lowest BCUT2D eigenvalue weighted by Crippen LogP contribution is -2.48. The van der Waals surface area contributed by atoms with Gasteiger partial charge in [0.05, 0.1) is 7.11 Å². The molecule has 0 spiro atoms. The van der Waals surface area contributed by atoms with Gasteiger partial charge in [0.25, 0.3) is 0 Å². The van der Waals surface area contributed by atoms with E-state index in [1.807, 2.05) is 0 Å². The van der Waals surface area contributed by atoms with Crippen LogP contribution in [0.5, 0.6) is 11.5 Å². The molecule has 6 heteroatoms. The number of hydrogen-bond acceptors (Lipinski definition) is 6. The molecule has 1 aromatic rings. The fourth-order valence-electron chi connectivity index (χ4n) is 3.98. The third-order valence-corrected chi connectivity index (χ3v) is 6.03. The Balaban J connectivity index is 1.47. The summed E-state index contributed by atoms with van der Waals surface area (Å²) in [5, 5.41) is 0. The standard InChI is InChI=1S/C22H38N4O2/c1-19(2)26-13-11-25(12-14-26)18-20-5-6-21(22(17-20)27-4)28-16-15-24-9-7-23(3)8-10-24/h5-6,17,19H,7-16,18H2,1-4H3. The van der Waals surface area contributed by atoms with Crippen LogP contribution in [0.1, 0.15) is 19.4 Å². The normalized spacial score (nSPS) is 20.6. The van der Waals surface area contributed by atoms with Gasteiger partial charge >= 0.3 is 0 Å². The van der Waals surface area contributed by atoms with Crippen molar-refractivity contribution in [2.45, 2.75) is 26.4 Å². The molecule has 2 saturated heterocycles. The highest BCUT2D eigenvalue weighted by molar-refractivity contribution is 5.43. The number of piperazine rings is 2. The molecule has 6 nitrogen and oxygen atoms in total. The van der Waals surface area contributed by atoms with Crippen molar-refractivity contribution in [1.82, 2.24) is 19.6 Å². The van der Waals surface area contributed by atoms with Gasteiger partial charge in [-0.3, -0.25) is 14.7 Å². The van der Waals surface area contributed by atoms with Crippen molar-refractivity contribution in [2.75, 3.05) is 79.7 Å². The van der Waals surface area contributed by atoms with E-state index in [-0.39, 0.29) is 0 Å². The number of likely N-dealkylation sites (N-methyl/N-ethyl adjacent to an activating group) is 1. The molecule has 2 heterocycles. The predicted molar refractivity (Wildman–Crippen MR) is 114 cm³/mol. The van der Waals surface area contributed by atoms with E-state index in [9.17, 15) is 0 Å². The molecule has 2 aliphatic rings. The highest BCUT2D eigenvalue weighted by Gasteiger charge is 2.19. The third-order valence-electron chi connectivity index (χ3n) is 6.03. The molecule has 0 radical (unpaired) electrons. The molecule has 1 aromatic carbocycles. The highest BCUT2D eigenvalue weighted by Crippen LogP contribution is 2.28. The van der Waals surface area contributed by atoms with Crippen LogP contribution in [0.4, 0.5) is 0 Å². The van der Waals surface area contributed by atoms with Gasteiger partial charge in [-0.1, -0.05) is 6.07 Å². The smallest absolute Gasteiger partial charge is 0.161 e. The second-order valence-electron chi connectivity index (χ2n) is 8.38. The Morgan fingerprint density at radius 1 is 0.893 bits per heavy atom. The summed E-state index contributed by atoms with van der Waals surface area (Å²) in [6, 6.07) is 7.04. The molecule has 0 aromatic heterocycles. The third kappa shape index (κ3) is 6.08. The van der Waals surface area contributed by atoms with Crippen molar-refractivity contribution >= 4 is 0 Å². The van der Waals surface area contributed by atoms with E-state index in [1.165, 1.54) is 5.56 Å². The summed E-state index contributed by atoms with van der Waals surface area (Å²) in [6.45, 7) is 16.3. The van der Waals surface area contributed by atoms with Crippen LogP contribution < -0.4 is 9.47 Å². The molecule has 158 valence electrons. The summed E-state index contributed by atoms with van der Waals surface area (Å²) in [7, 11) is 3.92. The molecule has 3 rings (SSSR count). The molecule has 0 aliphatic carbocycles. The minimum atomic E-state index is 0.643. The Bertz CT molecular complexity index is 594. The molecule has 2 fully saturated rings. The maximum atomic E-state index is 6.04. The Morgan fingerprint density at radius 2 is 1.57 bits per heavy atom. The topological polar surface area (TPSA) is 31.4 Å². The molecule has 28 heavy (non-hydrogen) atoms. The van der Waals surface area contributed by atoms with Crippen LogP contribution in [-0.2, 0) is 6.54 Å². The lowest BCUT2D eigenvalue weighted by Gasteiger charge is -2.37. The van der Waals surface area contributed by atoms with Crippen LogP contribution >= 0.6 is 0 Å². The summed E-state index contributed by atoms with van der Waals surface area (Å²) in [5.41, 5.74) is 1.29. The van der Waals surface area contributed by atoms with Crippen LogP contribution in [0.3, 0.4) is 0 Å². The molecule has 0 saturated carbocycles. The van der Waals surface area contributed by atoms with Crippen LogP contribution in [0.25, 0.3) is 0 Å². The summed E-state index contributed by atoms with van der Waals surface area (Å²) in [4.78, 5) is 9.93. The number of nitrogens with zero attached hydrogens (tertiary/aromatic N) is 4. The van der Waals surface area contributed by atoms with Crippen molar-refractivity contribution in [3.05, 3.63) is 23.8 Å². The van der Waals surface area contributed by atoms with Gasteiger partial charge in [-0.2, -0.15) is 0 Å². The Kier molecular flexibility index (Phi) is 7.97. The van der Waals surface area contributed by atoms with Crippen LogP contribution in [0, 0.1) is 0 Å². The quantitative estimate of drug-likeness (QED) is 0.673. The molecule has 0 amide bonds. The van der Waals surface area contributed by atoms with Crippen LogP contribution in [-0.4, -0.2) is 105 Å². The van der Waals surface area contributed by atoms with Gasteiger partial charge in [0, 0.05) is 71.5 Å². The Morgan fingerprint density at radius 3 is 2.21 bits per heavy atom. The second-order valence-corrected chi connectivity index (χ2v) is 8.38. The van der Waals surface area contributed by atoms with Gasteiger partial charge in [-0.05, 0) is 38.6 Å². The summed E-state index contributed by atoms with van der Waals surface area (Å²) in [5.74, 6) is 1.70. The van der Waals surface area contributed by atoms with E-state index in [0.717, 1.165) is 76.9 Å². The van der Waals surface area contributed by atoms with Crippen molar-refractivity contribution in [2.24, 2.45) is 0 Å². The largest absolute Gasteiger partial charge is 0.493 e. The Hall–Kier alpha value is -1.34. The first-order valence-corrected chi connectivity index (χ1v) is 10.7. The molecule has 0 bridgehead atoms. The maximum absolute atomic E-state index is 6.04. The first kappa shape index (κ1) is 21.4. The van der Waals surface area contributed by atoms with Crippen molar-refractivity contribution < 1.29 is 9.47 Å². The van der Waals surface area contributed by atoms with Crippen LogP contribution in [0.2, 0.25) is 0 Å². The molecule has 0 unspecified atom stereocenters. The lowest BCUT2D eigenvalue weighted by molar-refractivity contribution is 0.104. The predicted octanol–water partition coefficient (Wildman–Crippen LogP) is 1.85. The molecular formula is C22H38N4O2. The van der Waals surface area contributed by atoms with E-state index in [0.29, 0.717) is 12.6 Å². The molecule has 0 N–H and O–H groups in total. The lowest BCUT2D eigenvalue weighted by atomic mass is 10.1. The van der Waals surface area contributed by atoms with E-state index in [2.05, 4.69) is 58.7 Å². The fraction of sp³-hybridized carbons (Fsp3) is 0.727. The first-order valence-electron chi connectivity index (χ1n) is 10.7. The van der Waals surface area contributed by atoms with Crippen molar-refractivity contribution in [1.29, 1.82) is 0 Å². The number of ether oxygens (including phenoxy) is 2. The van der Waals surface area contributed by atoms with E-state index >= 15 is 0 Å². The molecule has 0 atom stereocenters. The number of methoxy groups -OCH3 is 1. The SMILES string of the molecule is COc1cc(CN2CCN(C(C)C)CC2)ccc1OCCN1CCN(C)CC1. The monoisotopic (exact) mass is 390 g/mol. The van der Waals surface area contributed by atoms with Gasteiger partial charge in [0.1, 0.15) is 6.61 Å². The van der Waals surface area contributed by atoms with Gasteiger partial charge in [-0.15, -0.1) is 0 Å². The minimum absolute atomic E-state index is 0.643. The second kappa shape index (κ2) is 10.4. The van der Waals surface area contributed by atoms with Gasteiger partial charge in [0.15, 0.2) is 11.5 Å². The van der Waals surface area contributed by atoms with Gasteiger partial charge < -0.3 is 14.4 Å². The highest BCUT2D eigenvalue weighted by atomic mass is 16.5. The summed E-state index contributed by atoms with van der Waals surface area (Å²) < 4.78 is 11.7.